The van der Waals surface area contributed by atoms with Gasteiger partial charge in [0.1, 0.15) is 11.8 Å². The highest BCUT2D eigenvalue weighted by molar-refractivity contribution is 6.32. The summed E-state index contributed by atoms with van der Waals surface area (Å²) >= 11 is 6.24. The Bertz CT molecular complexity index is 1120. The third kappa shape index (κ3) is 5.76. The van der Waals surface area contributed by atoms with E-state index < -0.39 is 6.04 Å². The predicted molar refractivity (Wildman–Crippen MR) is 134 cm³/mol. The first-order valence-corrected chi connectivity index (χ1v) is 11.7. The Hall–Kier alpha value is -3.35. The van der Waals surface area contributed by atoms with Crippen molar-refractivity contribution in [3.8, 4) is 5.75 Å². The van der Waals surface area contributed by atoms with E-state index in [1.54, 1.807) is 25.3 Å². The molecule has 7 heteroatoms. The third-order valence-corrected chi connectivity index (χ3v) is 6.34. The lowest BCUT2D eigenvalue weighted by Gasteiger charge is -2.37. The molecule has 0 aromatic heterocycles. The summed E-state index contributed by atoms with van der Waals surface area (Å²) in [5.41, 5.74) is 2.19. The Morgan fingerprint density at radius 2 is 1.62 bits per heavy atom. The Morgan fingerprint density at radius 3 is 2.24 bits per heavy atom. The largest absolute Gasteiger partial charge is 0.495 e. The molecule has 0 radical (unpaired) electrons. The lowest BCUT2D eigenvalue weighted by molar-refractivity contribution is -0.122. The predicted octanol–water partition coefficient (Wildman–Crippen LogP) is 4.92. The molecule has 0 saturated carbocycles. The van der Waals surface area contributed by atoms with Crippen molar-refractivity contribution in [1.29, 1.82) is 0 Å². The van der Waals surface area contributed by atoms with Gasteiger partial charge in [0, 0.05) is 30.4 Å². The summed E-state index contributed by atoms with van der Waals surface area (Å²) in [5.74, 6) is 0.367. The van der Waals surface area contributed by atoms with Crippen molar-refractivity contribution in [2.24, 2.45) is 0 Å². The highest BCUT2D eigenvalue weighted by atomic mass is 35.5. The number of benzene rings is 3. The number of hydrogen-bond donors (Lipinski definition) is 2. The normalized spacial score (nSPS) is 15.4. The molecule has 6 nitrogen and oxygen atoms in total. The number of rotatable bonds is 7. The van der Waals surface area contributed by atoms with Crippen molar-refractivity contribution in [1.82, 2.24) is 10.2 Å². The number of piperidine rings is 1. The van der Waals surface area contributed by atoms with E-state index in [2.05, 4.69) is 15.5 Å². The van der Waals surface area contributed by atoms with E-state index in [0.29, 0.717) is 35.1 Å². The molecule has 1 aliphatic heterocycles. The molecular weight excluding hydrogens is 450 g/mol. The van der Waals surface area contributed by atoms with E-state index >= 15 is 0 Å². The van der Waals surface area contributed by atoms with Gasteiger partial charge in [0.2, 0.25) is 5.91 Å². The summed E-state index contributed by atoms with van der Waals surface area (Å²) in [7, 11) is 1.55. The van der Waals surface area contributed by atoms with Crippen LogP contribution in [0.4, 0.5) is 5.69 Å². The van der Waals surface area contributed by atoms with Gasteiger partial charge in [0.25, 0.3) is 5.91 Å². The minimum absolute atomic E-state index is 0.0622. The highest BCUT2D eigenvalue weighted by Gasteiger charge is 2.31. The molecule has 2 N–H and O–H groups in total. The molecule has 3 aromatic carbocycles. The molecule has 1 saturated heterocycles. The number of ether oxygens (including phenoxy) is 1. The fourth-order valence-corrected chi connectivity index (χ4v) is 4.54. The first-order valence-electron chi connectivity index (χ1n) is 11.3. The van der Waals surface area contributed by atoms with Crippen LogP contribution in [0, 0.1) is 0 Å². The van der Waals surface area contributed by atoms with Crippen molar-refractivity contribution in [3.05, 3.63) is 95.0 Å². The first kappa shape index (κ1) is 23.8. The summed E-state index contributed by atoms with van der Waals surface area (Å²) < 4.78 is 5.20. The molecule has 1 fully saturated rings. The Labute approximate surface area is 204 Å². The Morgan fingerprint density at radius 1 is 0.971 bits per heavy atom. The van der Waals surface area contributed by atoms with E-state index in [4.69, 9.17) is 16.3 Å². The van der Waals surface area contributed by atoms with E-state index in [1.807, 2.05) is 60.7 Å². The van der Waals surface area contributed by atoms with Crippen molar-refractivity contribution in [2.75, 3.05) is 25.5 Å². The van der Waals surface area contributed by atoms with Gasteiger partial charge in [-0.2, -0.15) is 0 Å². The van der Waals surface area contributed by atoms with E-state index in [-0.39, 0.29) is 17.9 Å². The molecule has 4 rings (SSSR count). The summed E-state index contributed by atoms with van der Waals surface area (Å²) in [5, 5.41) is 6.57. The molecule has 3 aromatic rings. The summed E-state index contributed by atoms with van der Waals surface area (Å²) in [6.07, 6.45) is 1.53. The van der Waals surface area contributed by atoms with Gasteiger partial charge in [-0.25, -0.2) is 0 Å². The molecule has 1 atom stereocenters. The molecule has 1 unspecified atom stereocenters. The minimum atomic E-state index is -0.451. The standard InChI is InChI=1S/C27H28ClN3O3/c1-34-24-13-12-22(18-23(24)28)30-27(33)25(19-8-4-2-5-9-19)31-16-14-21(15-17-31)29-26(32)20-10-6-3-7-11-20/h2-13,18,21,25H,14-17H2,1H3,(H,29,32)(H,30,33). The minimum Gasteiger partial charge on any atom is -0.495 e. The third-order valence-electron chi connectivity index (χ3n) is 6.05. The number of halogens is 1. The maximum atomic E-state index is 13.4. The quantitative estimate of drug-likeness (QED) is 0.506. The number of anilines is 1. The fourth-order valence-electron chi connectivity index (χ4n) is 4.28. The number of hydrogen-bond acceptors (Lipinski definition) is 4. The van der Waals surface area contributed by atoms with Gasteiger partial charge in [0.15, 0.2) is 0 Å². The average molecular weight is 478 g/mol. The van der Waals surface area contributed by atoms with Crippen molar-refractivity contribution < 1.29 is 14.3 Å². The van der Waals surface area contributed by atoms with Crippen LogP contribution in [0.25, 0.3) is 0 Å². The molecule has 0 aliphatic carbocycles. The molecule has 176 valence electrons. The number of likely N-dealkylation sites (tertiary alicyclic amines) is 1. The maximum absolute atomic E-state index is 13.4. The molecular formula is C27H28ClN3O3. The van der Waals surface area contributed by atoms with Crippen molar-refractivity contribution in [3.63, 3.8) is 0 Å². The van der Waals surface area contributed by atoms with Gasteiger partial charge in [0.05, 0.1) is 12.1 Å². The van der Waals surface area contributed by atoms with Gasteiger partial charge >= 0.3 is 0 Å². The first-order chi connectivity index (χ1) is 16.5. The summed E-state index contributed by atoms with van der Waals surface area (Å²) in [6, 6.07) is 23.8. The highest BCUT2D eigenvalue weighted by Crippen LogP contribution is 2.30. The second-order valence-corrected chi connectivity index (χ2v) is 8.71. The van der Waals surface area contributed by atoms with Crippen LogP contribution in [0.5, 0.6) is 5.75 Å². The molecule has 34 heavy (non-hydrogen) atoms. The number of nitrogens with zero attached hydrogens (tertiary/aromatic N) is 1. The van der Waals surface area contributed by atoms with E-state index in [1.165, 1.54) is 0 Å². The Kier molecular flexibility index (Phi) is 7.83. The summed E-state index contributed by atoms with van der Waals surface area (Å²) in [6.45, 7) is 1.38. The maximum Gasteiger partial charge on any atom is 0.251 e. The van der Waals surface area contributed by atoms with Gasteiger partial charge in [-0.05, 0) is 48.7 Å². The number of carbonyl (C=O) groups is 2. The van der Waals surface area contributed by atoms with Gasteiger partial charge in [-0.1, -0.05) is 60.1 Å². The van der Waals surface area contributed by atoms with Gasteiger partial charge < -0.3 is 15.4 Å². The number of amides is 2. The lowest BCUT2D eigenvalue weighted by atomic mass is 9.98. The van der Waals surface area contributed by atoms with Crippen LogP contribution >= 0.6 is 11.6 Å². The van der Waals surface area contributed by atoms with Gasteiger partial charge in [-0.3, -0.25) is 14.5 Å². The number of methoxy groups -OCH3 is 1. The van der Waals surface area contributed by atoms with Crippen LogP contribution in [0.3, 0.4) is 0 Å². The molecule has 1 heterocycles. The van der Waals surface area contributed by atoms with Crippen LogP contribution < -0.4 is 15.4 Å². The fraction of sp³-hybridized carbons (Fsp3) is 0.259. The smallest absolute Gasteiger partial charge is 0.251 e. The van der Waals surface area contributed by atoms with Crippen molar-refractivity contribution in [2.45, 2.75) is 24.9 Å². The number of nitrogens with one attached hydrogen (secondary N) is 2. The van der Waals surface area contributed by atoms with E-state index in [9.17, 15) is 9.59 Å². The molecule has 0 spiro atoms. The molecule has 1 aliphatic rings. The van der Waals surface area contributed by atoms with Crippen LogP contribution in [0.15, 0.2) is 78.9 Å². The van der Waals surface area contributed by atoms with Crippen LogP contribution in [-0.4, -0.2) is 43.0 Å². The van der Waals surface area contributed by atoms with Crippen LogP contribution in [0.1, 0.15) is 34.8 Å². The average Bonchev–Trinajstić information content (AvgIpc) is 2.86. The SMILES string of the molecule is COc1ccc(NC(=O)C(c2ccccc2)N2CCC(NC(=O)c3ccccc3)CC2)cc1Cl. The van der Waals surface area contributed by atoms with Gasteiger partial charge in [-0.15, -0.1) is 0 Å². The number of carbonyl (C=O) groups excluding carboxylic acids is 2. The Balaban J connectivity index is 1.44. The molecule has 2 amide bonds. The second kappa shape index (κ2) is 11.2. The monoisotopic (exact) mass is 477 g/mol. The second-order valence-electron chi connectivity index (χ2n) is 8.30. The topological polar surface area (TPSA) is 70.7 Å². The zero-order valence-electron chi connectivity index (χ0n) is 19.0. The summed E-state index contributed by atoms with van der Waals surface area (Å²) in [4.78, 5) is 28.1. The van der Waals surface area contributed by atoms with E-state index in [0.717, 1.165) is 18.4 Å². The van der Waals surface area contributed by atoms with Crippen LogP contribution in [-0.2, 0) is 4.79 Å². The lowest BCUT2D eigenvalue weighted by Crippen LogP contribution is -2.48. The van der Waals surface area contributed by atoms with Crippen molar-refractivity contribution >= 4 is 29.1 Å². The zero-order chi connectivity index (χ0) is 23.9. The van der Waals surface area contributed by atoms with Crippen LogP contribution in [0.2, 0.25) is 5.02 Å². The zero-order valence-corrected chi connectivity index (χ0v) is 19.8. The molecule has 0 bridgehead atoms.